The second kappa shape index (κ2) is 6.97. The molecule has 0 heterocycles. The van der Waals surface area contributed by atoms with Gasteiger partial charge in [0.2, 0.25) is 0 Å². The van der Waals surface area contributed by atoms with Crippen LogP contribution in [0.2, 0.25) is 0 Å². The van der Waals surface area contributed by atoms with Crippen LogP contribution < -0.4 is 10.1 Å². The quantitative estimate of drug-likeness (QED) is 0.611. The molecule has 0 bridgehead atoms. The lowest BCUT2D eigenvalue weighted by Crippen LogP contribution is -2.28. The van der Waals surface area contributed by atoms with E-state index in [2.05, 4.69) is 11.2 Å². The fourth-order valence-electron chi connectivity index (χ4n) is 1.17. The van der Waals surface area contributed by atoms with E-state index in [0.29, 0.717) is 11.3 Å². The van der Waals surface area contributed by atoms with E-state index >= 15 is 0 Å². The van der Waals surface area contributed by atoms with Crippen LogP contribution in [0.3, 0.4) is 0 Å². The highest BCUT2D eigenvalue weighted by molar-refractivity contribution is 5.91. The fraction of sp³-hybridized carbons (Fsp3) is 0.231. The Balaban J connectivity index is 2.50. The smallest absolute Gasteiger partial charge is 0.338 e. The first-order valence-corrected chi connectivity index (χ1v) is 5.18. The first-order chi connectivity index (χ1) is 8.67. The summed E-state index contributed by atoms with van der Waals surface area (Å²) in [4.78, 5) is 22.7. The zero-order valence-corrected chi connectivity index (χ0v) is 9.93. The van der Waals surface area contributed by atoms with Crippen LogP contribution in [-0.4, -0.2) is 32.1 Å². The van der Waals surface area contributed by atoms with Gasteiger partial charge in [-0.1, -0.05) is 12.0 Å². The highest BCUT2D eigenvalue weighted by atomic mass is 16.5. The largest absolute Gasteiger partial charge is 0.497 e. The molecule has 0 saturated heterocycles. The fourth-order valence-corrected chi connectivity index (χ4v) is 1.17. The maximum atomic E-state index is 11.6. The van der Waals surface area contributed by atoms with Crippen molar-refractivity contribution < 1.29 is 19.1 Å². The first-order valence-electron chi connectivity index (χ1n) is 5.18. The summed E-state index contributed by atoms with van der Waals surface area (Å²) in [6, 6.07) is 6.47. The minimum absolute atomic E-state index is 0.107. The zero-order chi connectivity index (χ0) is 13.4. The van der Waals surface area contributed by atoms with Crippen molar-refractivity contribution in [2.24, 2.45) is 0 Å². The Bertz CT molecular complexity index is 476. The second-order valence-electron chi connectivity index (χ2n) is 3.29. The normalized spacial score (nSPS) is 9.11. The molecule has 1 aromatic carbocycles. The molecule has 0 unspecified atom stereocenters. The SMILES string of the molecule is C#CCNC(=O)COC(=O)c1cccc(OC)c1. The lowest BCUT2D eigenvalue weighted by molar-refractivity contribution is -0.123. The van der Waals surface area contributed by atoms with Crippen LogP contribution in [0.4, 0.5) is 0 Å². The van der Waals surface area contributed by atoms with Crippen molar-refractivity contribution in [2.75, 3.05) is 20.3 Å². The Hall–Kier alpha value is -2.48. The molecule has 0 saturated carbocycles. The number of ether oxygens (including phenoxy) is 2. The van der Waals surface area contributed by atoms with Gasteiger partial charge in [0, 0.05) is 0 Å². The van der Waals surface area contributed by atoms with Crippen molar-refractivity contribution in [1.29, 1.82) is 0 Å². The number of terminal acetylenes is 1. The number of benzene rings is 1. The van der Waals surface area contributed by atoms with E-state index in [-0.39, 0.29) is 13.2 Å². The molecular formula is C13H13NO4. The van der Waals surface area contributed by atoms with Gasteiger partial charge >= 0.3 is 5.97 Å². The summed E-state index contributed by atoms with van der Waals surface area (Å²) in [7, 11) is 1.50. The molecular weight excluding hydrogens is 234 g/mol. The first kappa shape index (κ1) is 13.6. The molecule has 0 aliphatic rings. The Morgan fingerprint density at radius 1 is 1.44 bits per heavy atom. The van der Waals surface area contributed by atoms with E-state index in [1.807, 2.05) is 0 Å². The van der Waals surface area contributed by atoms with E-state index in [4.69, 9.17) is 15.9 Å². The number of nitrogens with one attached hydrogen (secondary N) is 1. The van der Waals surface area contributed by atoms with Crippen molar-refractivity contribution in [3.8, 4) is 18.1 Å². The molecule has 1 aromatic rings. The molecule has 18 heavy (non-hydrogen) atoms. The van der Waals surface area contributed by atoms with Crippen molar-refractivity contribution in [3.05, 3.63) is 29.8 Å². The number of rotatable bonds is 5. The molecule has 0 aliphatic carbocycles. The van der Waals surface area contributed by atoms with Gasteiger partial charge in [-0.2, -0.15) is 0 Å². The summed E-state index contributed by atoms with van der Waals surface area (Å²) in [5, 5.41) is 2.38. The Morgan fingerprint density at radius 3 is 2.89 bits per heavy atom. The number of hydrogen-bond donors (Lipinski definition) is 1. The van der Waals surface area contributed by atoms with Gasteiger partial charge in [-0.05, 0) is 18.2 Å². The van der Waals surface area contributed by atoms with Crippen LogP contribution >= 0.6 is 0 Å². The summed E-state index contributed by atoms with van der Waals surface area (Å²) in [6.07, 6.45) is 4.97. The third kappa shape index (κ3) is 4.18. The van der Waals surface area contributed by atoms with Gasteiger partial charge in [0.15, 0.2) is 6.61 Å². The van der Waals surface area contributed by atoms with Gasteiger partial charge in [-0.3, -0.25) is 4.79 Å². The second-order valence-corrected chi connectivity index (χ2v) is 3.29. The average molecular weight is 247 g/mol. The topological polar surface area (TPSA) is 64.6 Å². The van der Waals surface area contributed by atoms with E-state index in [1.165, 1.54) is 13.2 Å². The minimum atomic E-state index is -0.593. The van der Waals surface area contributed by atoms with Gasteiger partial charge < -0.3 is 14.8 Å². The van der Waals surface area contributed by atoms with Gasteiger partial charge in [-0.25, -0.2) is 4.79 Å². The third-order valence-electron chi connectivity index (χ3n) is 2.03. The molecule has 5 nitrogen and oxygen atoms in total. The highest BCUT2D eigenvalue weighted by Crippen LogP contribution is 2.13. The molecule has 0 aliphatic heterocycles. The number of carbonyl (C=O) groups excluding carboxylic acids is 2. The third-order valence-corrected chi connectivity index (χ3v) is 2.03. The van der Waals surface area contributed by atoms with E-state index < -0.39 is 11.9 Å². The predicted molar refractivity (Wildman–Crippen MR) is 65.1 cm³/mol. The number of methoxy groups -OCH3 is 1. The molecule has 0 radical (unpaired) electrons. The number of amides is 1. The lowest BCUT2D eigenvalue weighted by atomic mass is 10.2. The average Bonchev–Trinajstić information content (AvgIpc) is 2.42. The predicted octanol–water partition coefficient (Wildman–Crippen LogP) is 0.601. The maximum Gasteiger partial charge on any atom is 0.338 e. The molecule has 0 fully saturated rings. The van der Waals surface area contributed by atoms with Gasteiger partial charge in [0.05, 0.1) is 19.2 Å². The van der Waals surface area contributed by atoms with Crippen molar-refractivity contribution >= 4 is 11.9 Å². The molecule has 0 spiro atoms. The van der Waals surface area contributed by atoms with Gasteiger partial charge in [-0.15, -0.1) is 6.42 Å². The van der Waals surface area contributed by atoms with Crippen LogP contribution in [0.25, 0.3) is 0 Å². The van der Waals surface area contributed by atoms with Crippen molar-refractivity contribution in [2.45, 2.75) is 0 Å². The van der Waals surface area contributed by atoms with Crippen LogP contribution in [0.1, 0.15) is 10.4 Å². The highest BCUT2D eigenvalue weighted by Gasteiger charge is 2.10. The summed E-state index contributed by atoms with van der Waals surface area (Å²) in [6.45, 7) is -0.257. The summed E-state index contributed by atoms with van der Waals surface area (Å²) in [5.41, 5.74) is 0.319. The van der Waals surface area contributed by atoms with Gasteiger partial charge in [0.25, 0.3) is 5.91 Å². The molecule has 1 N–H and O–H groups in total. The van der Waals surface area contributed by atoms with Crippen LogP contribution in [0.15, 0.2) is 24.3 Å². The van der Waals surface area contributed by atoms with E-state index in [9.17, 15) is 9.59 Å². The van der Waals surface area contributed by atoms with Crippen LogP contribution in [0.5, 0.6) is 5.75 Å². The molecule has 94 valence electrons. The Kier molecular flexibility index (Phi) is 5.26. The zero-order valence-electron chi connectivity index (χ0n) is 9.93. The minimum Gasteiger partial charge on any atom is -0.497 e. The maximum absolute atomic E-state index is 11.6. The Morgan fingerprint density at radius 2 is 2.22 bits per heavy atom. The molecule has 0 aromatic heterocycles. The standard InChI is InChI=1S/C13H13NO4/c1-3-7-14-12(15)9-18-13(16)10-5-4-6-11(8-10)17-2/h1,4-6,8H,7,9H2,2H3,(H,14,15). The monoisotopic (exact) mass is 247 g/mol. The summed E-state index contributed by atoms with van der Waals surface area (Å²) < 4.78 is 9.79. The van der Waals surface area contributed by atoms with Crippen molar-refractivity contribution in [3.63, 3.8) is 0 Å². The molecule has 5 heteroatoms. The summed E-state index contributed by atoms with van der Waals surface area (Å²) >= 11 is 0. The molecule has 1 rings (SSSR count). The molecule has 1 amide bonds. The lowest BCUT2D eigenvalue weighted by Gasteiger charge is -2.05. The summed E-state index contributed by atoms with van der Waals surface area (Å²) in [5.74, 6) is 1.75. The van der Waals surface area contributed by atoms with E-state index in [0.717, 1.165) is 0 Å². The van der Waals surface area contributed by atoms with Crippen LogP contribution in [0, 0.1) is 12.3 Å². The number of carbonyl (C=O) groups is 2. The number of hydrogen-bond acceptors (Lipinski definition) is 4. The molecule has 0 atom stereocenters. The number of esters is 1. The Labute approximate surface area is 105 Å². The van der Waals surface area contributed by atoms with Crippen LogP contribution in [-0.2, 0) is 9.53 Å². The van der Waals surface area contributed by atoms with E-state index in [1.54, 1.807) is 18.2 Å². The van der Waals surface area contributed by atoms with Gasteiger partial charge in [0.1, 0.15) is 5.75 Å². The van der Waals surface area contributed by atoms with Crippen molar-refractivity contribution in [1.82, 2.24) is 5.32 Å².